The third-order valence-electron chi connectivity index (χ3n) is 2.24. The fraction of sp³-hybridized carbons (Fsp3) is 0.909. The first-order valence-electron chi connectivity index (χ1n) is 5.41. The van der Waals surface area contributed by atoms with Crippen LogP contribution in [-0.4, -0.2) is 16.5 Å². The number of ether oxygens (including phenoxy) is 1. The predicted octanol–water partition coefficient (Wildman–Crippen LogP) is 3.57. The molecule has 0 bridgehead atoms. The molecule has 0 aliphatic carbocycles. The van der Waals surface area contributed by atoms with Crippen molar-refractivity contribution in [1.82, 2.24) is 0 Å². The fourth-order valence-electron chi connectivity index (χ4n) is 1.29. The Kier molecular flexibility index (Phi) is 8.63. The van der Waals surface area contributed by atoms with E-state index in [0.717, 1.165) is 0 Å². The molecule has 0 amide bonds. The van der Waals surface area contributed by atoms with Crippen LogP contribution in [-0.2, 0) is 9.53 Å². The van der Waals surface area contributed by atoms with Crippen LogP contribution in [0.5, 0.6) is 0 Å². The third kappa shape index (κ3) is 6.62. The molecule has 0 radical (unpaired) electrons. The van der Waals surface area contributed by atoms with Gasteiger partial charge in [0.2, 0.25) is 0 Å². The largest absolute Gasteiger partial charge is 0.466 e. The second-order valence-electron chi connectivity index (χ2n) is 3.64. The van der Waals surface area contributed by atoms with Crippen molar-refractivity contribution in [2.45, 2.75) is 50.4 Å². The molecule has 0 aromatic heterocycles. The number of carbonyl (C=O) groups is 1. The number of unbranched alkanes of at least 4 members (excludes halogenated alkanes) is 1. The average molecular weight is 312 g/mol. The van der Waals surface area contributed by atoms with Crippen molar-refractivity contribution in [3.05, 3.63) is 0 Å². The maximum absolute atomic E-state index is 11.2. The number of halogens is 1. The van der Waals surface area contributed by atoms with Crippen molar-refractivity contribution in [1.29, 1.82) is 0 Å². The summed E-state index contributed by atoms with van der Waals surface area (Å²) in [6.07, 6.45) is 4.25. The van der Waals surface area contributed by atoms with Gasteiger partial charge in [-0.15, -0.1) is 0 Å². The minimum absolute atomic E-state index is 0.0573. The van der Waals surface area contributed by atoms with E-state index in [1.165, 1.54) is 19.3 Å². The molecule has 0 aromatic carbocycles. The van der Waals surface area contributed by atoms with Gasteiger partial charge in [0.05, 0.1) is 6.61 Å². The highest BCUT2D eigenvalue weighted by Crippen LogP contribution is 2.22. The Balaban J connectivity index is 3.70. The highest BCUT2D eigenvalue weighted by molar-refractivity contribution is 14.1. The molecular formula is C11H21IO2. The van der Waals surface area contributed by atoms with Crippen LogP contribution in [0.2, 0.25) is 0 Å². The van der Waals surface area contributed by atoms with Gasteiger partial charge in [-0.2, -0.15) is 0 Å². The highest BCUT2D eigenvalue weighted by atomic mass is 127. The zero-order valence-electron chi connectivity index (χ0n) is 9.38. The van der Waals surface area contributed by atoms with Crippen LogP contribution in [0.4, 0.5) is 0 Å². The average Bonchev–Trinajstić information content (AvgIpc) is 2.14. The molecular weight excluding hydrogens is 291 g/mol. The molecule has 0 spiro atoms. The van der Waals surface area contributed by atoms with Crippen LogP contribution in [0.15, 0.2) is 0 Å². The summed E-state index contributed by atoms with van der Waals surface area (Å²) in [4.78, 5) is 11.2. The van der Waals surface area contributed by atoms with Crippen molar-refractivity contribution in [2.24, 2.45) is 5.92 Å². The lowest BCUT2D eigenvalue weighted by Crippen LogP contribution is -2.17. The summed E-state index contributed by atoms with van der Waals surface area (Å²) in [6.45, 7) is 6.66. The SMILES string of the molecule is CCCCC(I)C(C)CC(=O)OCC. The van der Waals surface area contributed by atoms with E-state index in [0.29, 0.717) is 22.9 Å². The molecule has 0 aromatic rings. The van der Waals surface area contributed by atoms with Crippen LogP contribution in [0, 0.1) is 5.92 Å². The smallest absolute Gasteiger partial charge is 0.306 e. The van der Waals surface area contributed by atoms with Gasteiger partial charge in [-0.25, -0.2) is 0 Å². The molecule has 2 nitrogen and oxygen atoms in total. The summed E-state index contributed by atoms with van der Waals surface area (Å²) in [5.74, 6) is 0.374. The Morgan fingerprint density at radius 3 is 2.57 bits per heavy atom. The first-order chi connectivity index (χ1) is 6.61. The van der Waals surface area contributed by atoms with Crippen molar-refractivity contribution in [3.63, 3.8) is 0 Å². The number of hydrogen-bond acceptors (Lipinski definition) is 2. The van der Waals surface area contributed by atoms with E-state index in [4.69, 9.17) is 4.74 Å². The minimum atomic E-state index is -0.0573. The van der Waals surface area contributed by atoms with Crippen LogP contribution in [0.3, 0.4) is 0 Å². The molecule has 0 saturated heterocycles. The Labute approximate surface area is 101 Å². The zero-order chi connectivity index (χ0) is 11.0. The summed E-state index contributed by atoms with van der Waals surface area (Å²) >= 11 is 2.44. The topological polar surface area (TPSA) is 26.3 Å². The van der Waals surface area contributed by atoms with Crippen LogP contribution < -0.4 is 0 Å². The summed E-state index contributed by atoms with van der Waals surface area (Å²) in [5, 5.41) is 0. The van der Waals surface area contributed by atoms with E-state index in [-0.39, 0.29) is 5.97 Å². The Morgan fingerprint density at radius 1 is 1.43 bits per heavy atom. The van der Waals surface area contributed by atoms with Gasteiger partial charge in [-0.3, -0.25) is 4.79 Å². The molecule has 0 aliphatic heterocycles. The summed E-state index contributed by atoms with van der Waals surface area (Å²) in [7, 11) is 0. The van der Waals surface area contributed by atoms with E-state index in [9.17, 15) is 4.79 Å². The third-order valence-corrected chi connectivity index (χ3v) is 4.10. The van der Waals surface area contributed by atoms with E-state index in [2.05, 4.69) is 36.4 Å². The number of carbonyl (C=O) groups excluding carboxylic acids is 1. The van der Waals surface area contributed by atoms with Gasteiger partial charge in [-0.1, -0.05) is 49.3 Å². The van der Waals surface area contributed by atoms with E-state index in [1.54, 1.807) is 0 Å². The van der Waals surface area contributed by atoms with Gasteiger partial charge in [0.25, 0.3) is 0 Å². The number of esters is 1. The molecule has 2 unspecified atom stereocenters. The van der Waals surface area contributed by atoms with Gasteiger partial charge in [-0.05, 0) is 19.3 Å². The second-order valence-corrected chi connectivity index (χ2v) is 5.24. The number of rotatable bonds is 7. The molecule has 84 valence electrons. The van der Waals surface area contributed by atoms with Crippen molar-refractivity contribution in [2.75, 3.05) is 6.61 Å². The standard InChI is InChI=1S/C11H21IO2/c1-4-6-7-10(12)9(3)8-11(13)14-5-2/h9-10H,4-8H2,1-3H3. The Hall–Kier alpha value is 0.200. The molecule has 3 heteroatoms. The maximum Gasteiger partial charge on any atom is 0.306 e. The summed E-state index contributed by atoms with van der Waals surface area (Å²) in [5.41, 5.74) is 0. The molecule has 0 rings (SSSR count). The summed E-state index contributed by atoms with van der Waals surface area (Å²) < 4.78 is 5.52. The fourth-order valence-corrected chi connectivity index (χ4v) is 1.99. The minimum Gasteiger partial charge on any atom is -0.466 e. The van der Waals surface area contributed by atoms with Crippen LogP contribution >= 0.6 is 22.6 Å². The van der Waals surface area contributed by atoms with Crippen molar-refractivity contribution < 1.29 is 9.53 Å². The van der Waals surface area contributed by atoms with Gasteiger partial charge >= 0.3 is 5.97 Å². The quantitative estimate of drug-likeness (QED) is 0.408. The molecule has 14 heavy (non-hydrogen) atoms. The van der Waals surface area contributed by atoms with E-state index in [1.807, 2.05) is 6.92 Å². The number of alkyl halides is 1. The lowest BCUT2D eigenvalue weighted by Gasteiger charge is -2.16. The van der Waals surface area contributed by atoms with E-state index >= 15 is 0 Å². The molecule has 0 saturated carbocycles. The highest BCUT2D eigenvalue weighted by Gasteiger charge is 2.17. The Bertz CT molecular complexity index is 159. The van der Waals surface area contributed by atoms with Crippen LogP contribution in [0.1, 0.15) is 46.5 Å². The van der Waals surface area contributed by atoms with Gasteiger partial charge in [0.1, 0.15) is 0 Å². The van der Waals surface area contributed by atoms with Crippen molar-refractivity contribution in [3.8, 4) is 0 Å². The monoisotopic (exact) mass is 312 g/mol. The van der Waals surface area contributed by atoms with Crippen molar-refractivity contribution >= 4 is 28.6 Å². The first kappa shape index (κ1) is 14.2. The predicted molar refractivity (Wildman–Crippen MR) is 67.7 cm³/mol. The first-order valence-corrected chi connectivity index (χ1v) is 6.66. The van der Waals surface area contributed by atoms with E-state index < -0.39 is 0 Å². The second kappa shape index (κ2) is 8.50. The molecule has 0 fully saturated rings. The molecule has 0 heterocycles. The molecule has 0 aliphatic rings. The maximum atomic E-state index is 11.2. The Morgan fingerprint density at radius 2 is 2.07 bits per heavy atom. The normalized spacial score (nSPS) is 14.9. The summed E-state index contributed by atoms with van der Waals surface area (Å²) in [6, 6.07) is 0. The van der Waals surface area contributed by atoms with Crippen LogP contribution in [0.25, 0.3) is 0 Å². The zero-order valence-corrected chi connectivity index (χ0v) is 11.5. The lowest BCUT2D eigenvalue weighted by molar-refractivity contribution is -0.144. The molecule has 2 atom stereocenters. The number of hydrogen-bond donors (Lipinski definition) is 0. The van der Waals surface area contributed by atoms with Gasteiger partial charge in [0, 0.05) is 10.3 Å². The molecule has 0 N–H and O–H groups in total. The van der Waals surface area contributed by atoms with Gasteiger partial charge < -0.3 is 4.74 Å². The van der Waals surface area contributed by atoms with Gasteiger partial charge in [0.15, 0.2) is 0 Å². The lowest BCUT2D eigenvalue weighted by atomic mass is 10.00.